The number of pyridine rings is 1. The van der Waals surface area contributed by atoms with Crippen LogP contribution < -0.4 is 5.43 Å². The van der Waals surface area contributed by atoms with Crippen molar-refractivity contribution in [2.45, 2.75) is 19.8 Å². The number of nitrogens with one attached hydrogen (secondary N) is 1. The van der Waals surface area contributed by atoms with Gasteiger partial charge in [0, 0.05) is 22.4 Å². The molecule has 3 aromatic heterocycles. The largest absolute Gasteiger partial charge is 0.338 e. The van der Waals surface area contributed by atoms with E-state index in [2.05, 4.69) is 18.8 Å². The van der Waals surface area contributed by atoms with Crippen LogP contribution in [0.1, 0.15) is 25.6 Å². The van der Waals surface area contributed by atoms with Crippen LogP contribution in [0.15, 0.2) is 45.9 Å². The second-order valence-corrected chi connectivity index (χ2v) is 7.11. The van der Waals surface area contributed by atoms with Crippen LogP contribution in [0, 0.1) is 4.64 Å². The molecule has 3 heterocycles. The van der Waals surface area contributed by atoms with E-state index in [1.807, 2.05) is 45.7 Å². The number of H-pyrrole nitrogens is 1. The minimum atomic E-state index is -0.0579. The molecule has 120 valence electrons. The third kappa shape index (κ3) is 2.22. The topological polar surface area (TPSA) is 50.7 Å². The lowest BCUT2D eigenvalue weighted by atomic mass is 10.1. The van der Waals surface area contributed by atoms with Crippen molar-refractivity contribution < 1.29 is 0 Å². The molecule has 0 spiro atoms. The van der Waals surface area contributed by atoms with Crippen molar-refractivity contribution in [2.24, 2.45) is 0 Å². The highest BCUT2D eigenvalue weighted by Crippen LogP contribution is 2.24. The summed E-state index contributed by atoms with van der Waals surface area (Å²) in [6.45, 7) is 4.15. The number of nitrogens with zero attached hydrogens (tertiary/aromatic N) is 2. The molecule has 6 heteroatoms. The van der Waals surface area contributed by atoms with E-state index in [-0.39, 0.29) is 11.3 Å². The van der Waals surface area contributed by atoms with Crippen LogP contribution in [-0.4, -0.2) is 14.5 Å². The fourth-order valence-corrected chi connectivity index (χ4v) is 4.03. The maximum Gasteiger partial charge on any atom is 0.202 e. The fourth-order valence-electron chi connectivity index (χ4n) is 2.88. The van der Waals surface area contributed by atoms with Gasteiger partial charge in [-0.05, 0) is 12.1 Å². The van der Waals surface area contributed by atoms with Gasteiger partial charge in [-0.15, -0.1) is 11.3 Å². The average molecular weight is 353 g/mol. The number of aromatic amines is 1. The summed E-state index contributed by atoms with van der Waals surface area (Å²) in [5, 5.41) is 4.92. The van der Waals surface area contributed by atoms with E-state index < -0.39 is 0 Å². The molecule has 0 aliphatic rings. The summed E-state index contributed by atoms with van der Waals surface area (Å²) in [6, 6.07) is 9.83. The molecule has 0 amide bonds. The third-order valence-corrected chi connectivity index (χ3v) is 5.16. The highest BCUT2D eigenvalue weighted by molar-refractivity contribution is 7.71. The van der Waals surface area contributed by atoms with Crippen LogP contribution in [-0.2, 0) is 0 Å². The average Bonchev–Trinajstić information content (AvgIpc) is 3.04. The summed E-state index contributed by atoms with van der Waals surface area (Å²) < 4.78 is 2.42. The SMILES string of the molecule is CC(C)c1nc2[nH]c3cscc3c(=O)c2c(=S)n1-c1ccccc1. The van der Waals surface area contributed by atoms with Crippen molar-refractivity contribution in [3.8, 4) is 5.69 Å². The molecule has 0 fully saturated rings. The Hall–Kier alpha value is -2.31. The van der Waals surface area contributed by atoms with Crippen LogP contribution in [0.25, 0.3) is 27.6 Å². The van der Waals surface area contributed by atoms with Gasteiger partial charge >= 0.3 is 0 Å². The van der Waals surface area contributed by atoms with E-state index in [4.69, 9.17) is 17.2 Å². The molecule has 1 aromatic carbocycles. The van der Waals surface area contributed by atoms with Crippen molar-refractivity contribution in [1.29, 1.82) is 0 Å². The highest BCUT2D eigenvalue weighted by Gasteiger charge is 2.17. The number of para-hydroxylation sites is 1. The number of rotatable bonds is 2. The van der Waals surface area contributed by atoms with Crippen molar-refractivity contribution in [1.82, 2.24) is 14.5 Å². The van der Waals surface area contributed by atoms with Crippen LogP contribution >= 0.6 is 23.6 Å². The lowest BCUT2D eigenvalue weighted by Gasteiger charge is -2.17. The van der Waals surface area contributed by atoms with Crippen LogP contribution in [0.5, 0.6) is 0 Å². The van der Waals surface area contributed by atoms with Crippen molar-refractivity contribution in [3.63, 3.8) is 0 Å². The maximum atomic E-state index is 12.9. The summed E-state index contributed by atoms with van der Waals surface area (Å²) in [5.74, 6) is 1.00. The van der Waals surface area contributed by atoms with Gasteiger partial charge in [-0.1, -0.05) is 44.3 Å². The number of aromatic nitrogens is 3. The predicted molar refractivity (Wildman–Crippen MR) is 102 cm³/mol. The van der Waals surface area contributed by atoms with Crippen LogP contribution in [0.2, 0.25) is 0 Å². The first kappa shape index (κ1) is 15.2. The summed E-state index contributed by atoms with van der Waals surface area (Å²) in [7, 11) is 0. The zero-order valence-corrected chi connectivity index (χ0v) is 14.9. The minimum Gasteiger partial charge on any atom is -0.338 e. The highest BCUT2D eigenvalue weighted by atomic mass is 32.1. The molecule has 4 aromatic rings. The molecule has 0 saturated carbocycles. The predicted octanol–water partition coefficient (Wildman–Crippen LogP) is 4.78. The van der Waals surface area contributed by atoms with Crippen molar-refractivity contribution >= 4 is 45.5 Å². The molecule has 0 radical (unpaired) electrons. The quantitative estimate of drug-likeness (QED) is 0.528. The first-order valence-corrected chi connectivity index (χ1v) is 9.03. The summed E-state index contributed by atoms with van der Waals surface area (Å²) in [5.41, 5.74) is 2.24. The zero-order chi connectivity index (χ0) is 16.8. The Bertz CT molecular complexity index is 1170. The second kappa shape index (κ2) is 5.65. The second-order valence-electron chi connectivity index (χ2n) is 5.98. The third-order valence-electron chi connectivity index (χ3n) is 4.03. The van der Waals surface area contributed by atoms with E-state index >= 15 is 0 Å². The first-order valence-electron chi connectivity index (χ1n) is 7.68. The Morgan fingerprint density at radius 2 is 1.96 bits per heavy atom. The van der Waals surface area contributed by atoms with E-state index in [0.717, 1.165) is 17.0 Å². The summed E-state index contributed by atoms with van der Waals surface area (Å²) in [6.07, 6.45) is 0. The monoisotopic (exact) mass is 353 g/mol. The summed E-state index contributed by atoms with van der Waals surface area (Å²) in [4.78, 5) is 20.9. The minimum absolute atomic E-state index is 0.0579. The molecule has 0 atom stereocenters. The first-order chi connectivity index (χ1) is 11.6. The lowest BCUT2D eigenvalue weighted by Crippen LogP contribution is -2.15. The van der Waals surface area contributed by atoms with Gasteiger partial charge < -0.3 is 4.98 Å². The number of fused-ring (bicyclic) bond motifs is 2. The summed E-state index contributed by atoms with van der Waals surface area (Å²) >= 11 is 7.21. The van der Waals surface area contributed by atoms with Gasteiger partial charge in [0.05, 0.1) is 10.9 Å². The lowest BCUT2D eigenvalue weighted by molar-refractivity contribution is 0.728. The molecule has 24 heavy (non-hydrogen) atoms. The number of benzene rings is 1. The zero-order valence-electron chi connectivity index (χ0n) is 13.2. The van der Waals surface area contributed by atoms with Gasteiger partial charge in [-0.25, -0.2) is 4.98 Å². The number of thiophene rings is 1. The molecule has 4 rings (SSSR count). The van der Waals surface area contributed by atoms with E-state index in [1.165, 1.54) is 11.3 Å². The molecule has 0 saturated heterocycles. The number of hydrogen-bond donors (Lipinski definition) is 1. The van der Waals surface area contributed by atoms with E-state index in [9.17, 15) is 4.79 Å². The molecule has 0 bridgehead atoms. The van der Waals surface area contributed by atoms with Gasteiger partial charge in [0.15, 0.2) is 0 Å². The van der Waals surface area contributed by atoms with Crippen LogP contribution in [0.4, 0.5) is 0 Å². The Morgan fingerprint density at radius 1 is 1.21 bits per heavy atom. The van der Waals surface area contributed by atoms with Crippen molar-refractivity contribution in [2.75, 3.05) is 0 Å². The molecular formula is C18H15N3OS2. The van der Waals surface area contributed by atoms with Gasteiger partial charge in [-0.2, -0.15) is 0 Å². The van der Waals surface area contributed by atoms with E-state index in [0.29, 0.717) is 21.1 Å². The molecule has 0 aliphatic carbocycles. The fraction of sp³-hybridized carbons (Fsp3) is 0.167. The molecule has 0 aliphatic heterocycles. The van der Waals surface area contributed by atoms with Crippen LogP contribution in [0.3, 0.4) is 0 Å². The number of hydrogen-bond acceptors (Lipinski definition) is 4. The maximum absolute atomic E-state index is 12.9. The standard InChI is InChI=1S/C18H15N3OS2/c1-10(2)17-20-16-14(15(22)12-8-24-9-13(12)19-16)18(23)21(17)11-6-4-3-5-7-11/h3-10,19H,1-2H3. The van der Waals surface area contributed by atoms with Crippen molar-refractivity contribution in [3.05, 3.63) is 61.8 Å². The van der Waals surface area contributed by atoms with Gasteiger partial charge in [0.2, 0.25) is 5.43 Å². The Morgan fingerprint density at radius 3 is 2.67 bits per heavy atom. The normalized spacial score (nSPS) is 11.6. The Labute approximate surface area is 147 Å². The Balaban J connectivity index is 2.22. The molecule has 1 N–H and O–H groups in total. The van der Waals surface area contributed by atoms with Gasteiger partial charge in [-0.3, -0.25) is 9.36 Å². The Kier molecular flexibility index (Phi) is 3.58. The molecule has 0 unspecified atom stereocenters. The molecule has 4 nitrogen and oxygen atoms in total. The molecular weight excluding hydrogens is 338 g/mol. The smallest absolute Gasteiger partial charge is 0.202 e. The van der Waals surface area contributed by atoms with E-state index in [1.54, 1.807) is 0 Å². The van der Waals surface area contributed by atoms with Gasteiger partial charge in [0.1, 0.15) is 21.5 Å². The van der Waals surface area contributed by atoms with Gasteiger partial charge in [0.25, 0.3) is 0 Å².